The smallest absolute Gasteiger partial charge is 0.345 e. The number of aliphatic carboxylic acids is 1. The number of benzene rings is 2. The van der Waals surface area contributed by atoms with Gasteiger partial charge in [-0.3, -0.25) is 9.88 Å². The first kappa shape index (κ1) is 39.8. The van der Waals surface area contributed by atoms with Crippen LogP contribution in [0.4, 0.5) is 4.39 Å². The number of para-hydroxylation sites is 1. The Morgan fingerprint density at radius 3 is 2.56 bits per heavy atom. The molecule has 0 bridgehead atoms. The highest BCUT2D eigenvalue weighted by molar-refractivity contribution is 7.22. The van der Waals surface area contributed by atoms with Gasteiger partial charge in [0.25, 0.3) is 6.01 Å². The van der Waals surface area contributed by atoms with Crippen molar-refractivity contribution in [2.75, 3.05) is 46.4 Å². The number of aromatic nitrogens is 5. The zero-order valence-corrected chi connectivity index (χ0v) is 33.8. The van der Waals surface area contributed by atoms with Crippen molar-refractivity contribution in [3.05, 3.63) is 120 Å². The van der Waals surface area contributed by atoms with Crippen LogP contribution in [0.3, 0.4) is 0 Å². The van der Waals surface area contributed by atoms with Gasteiger partial charge in [-0.05, 0) is 67.1 Å². The highest BCUT2D eigenvalue weighted by Crippen LogP contribution is 2.49. The molecule has 13 nitrogen and oxygen atoms in total. The second-order valence-corrected chi connectivity index (χ2v) is 15.3. The van der Waals surface area contributed by atoms with Gasteiger partial charge in [0.1, 0.15) is 41.6 Å². The van der Waals surface area contributed by atoms with E-state index in [1.54, 1.807) is 55.0 Å². The van der Waals surface area contributed by atoms with Gasteiger partial charge >= 0.3 is 5.97 Å². The van der Waals surface area contributed by atoms with Crippen molar-refractivity contribution in [2.45, 2.75) is 26.1 Å². The van der Waals surface area contributed by atoms with Crippen LogP contribution in [0.5, 0.6) is 17.4 Å². The highest BCUT2D eigenvalue weighted by atomic mass is 35.5. The molecule has 1 aliphatic heterocycles. The lowest BCUT2D eigenvalue weighted by Crippen LogP contribution is -2.45. The molecule has 59 heavy (non-hydrogen) atoms. The van der Waals surface area contributed by atoms with E-state index in [9.17, 15) is 14.3 Å². The molecule has 1 N–H and O–H groups in total. The van der Waals surface area contributed by atoms with Gasteiger partial charge in [0, 0.05) is 74.9 Å². The molecule has 1 saturated heterocycles. The minimum absolute atomic E-state index is 0.0259. The molecule has 1 aliphatic rings. The van der Waals surface area contributed by atoms with E-state index >= 15 is 0 Å². The normalized spacial score (nSPS) is 14.0. The standard InChI is InChI=1S/C43H39ClFN7O6S/c1-26-30(7-8-32(38(26)44)55-22-21-52-19-17-51(2)18-20-52)36-37-41(48-25-49-42(37)59-39(36)33-9-10-35(45)57-33)58-34(43(53)54)23-28-5-3-4-6-31(28)56-24-29-13-16-47-40(50-29)27-11-14-46-15-12-27/h3-16,25,34H,17-24H2,1-2H3,(H,53,54)/t34-/m1/s1. The Labute approximate surface area is 348 Å². The maximum absolute atomic E-state index is 14.3. The Morgan fingerprint density at radius 1 is 0.966 bits per heavy atom. The fourth-order valence-electron chi connectivity index (χ4n) is 6.86. The molecule has 6 heterocycles. The number of carbonyl (C=O) groups is 1. The van der Waals surface area contributed by atoms with E-state index in [0.29, 0.717) is 72.0 Å². The predicted octanol–water partition coefficient (Wildman–Crippen LogP) is 7.85. The molecule has 0 radical (unpaired) electrons. The molecule has 16 heteroatoms. The molecule has 0 saturated carbocycles. The number of nitrogens with zero attached hydrogens (tertiary/aromatic N) is 7. The minimum Gasteiger partial charge on any atom is -0.491 e. The molecule has 302 valence electrons. The number of piperazine rings is 1. The van der Waals surface area contributed by atoms with Gasteiger partial charge in [-0.25, -0.2) is 24.7 Å². The van der Waals surface area contributed by atoms with E-state index in [1.165, 1.54) is 29.8 Å². The van der Waals surface area contributed by atoms with Crippen molar-refractivity contribution >= 4 is 39.1 Å². The molecule has 8 rings (SSSR count). The Bertz CT molecular complexity index is 2580. The maximum atomic E-state index is 14.3. The molecule has 2 aromatic carbocycles. The number of furan rings is 1. The second kappa shape index (κ2) is 17.9. The van der Waals surface area contributed by atoms with Crippen molar-refractivity contribution in [1.82, 2.24) is 34.7 Å². The third-order valence-corrected chi connectivity index (χ3v) is 11.6. The van der Waals surface area contributed by atoms with E-state index in [4.69, 9.17) is 30.2 Å². The van der Waals surface area contributed by atoms with Gasteiger partial charge in [0.05, 0.1) is 21.0 Å². The number of carboxylic acid groups (broad SMARTS) is 1. The number of thiophene rings is 1. The second-order valence-electron chi connectivity index (χ2n) is 14.0. The Balaban J connectivity index is 1.08. The summed E-state index contributed by atoms with van der Waals surface area (Å²) in [6.07, 6.45) is 4.84. The summed E-state index contributed by atoms with van der Waals surface area (Å²) in [6.45, 7) is 7.17. The predicted molar refractivity (Wildman–Crippen MR) is 221 cm³/mol. The van der Waals surface area contributed by atoms with Crippen molar-refractivity contribution in [3.8, 4) is 50.5 Å². The zero-order chi connectivity index (χ0) is 40.9. The summed E-state index contributed by atoms with van der Waals surface area (Å²) in [6, 6.07) is 18.2. The van der Waals surface area contributed by atoms with Crippen LogP contribution in [-0.2, 0) is 17.8 Å². The van der Waals surface area contributed by atoms with Crippen LogP contribution in [0, 0.1) is 12.9 Å². The molecule has 0 aliphatic carbocycles. The van der Waals surface area contributed by atoms with Gasteiger partial charge in [0.15, 0.2) is 5.82 Å². The van der Waals surface area contributed by atoms with Gasteiger partial charge < -0.3 is 28.6 Å². The number of carboxylic acids is 1. The Morgan fingerprint density at radius 2 is 1.78 bits per heavy atom. The molecule has 0 unspecified atom stereocenters. The first-order valence-corrected chi connectivity index (χ1v) is 20.1. The number of hydrogen-bond acceptors (Lipinski definition) is 13. The monoisotopic (exact) mass is 835 g/mol. The average molecular weight is 836 g/mol. The maximum Gasteiger partial charge on any atom is 0.345 e. The molecule has 1 atom stereocenters. The summed E-state index contributed by atoms with van der Waals surface area (Å²) >= 11 is 8.23. The zero-order valence-electron chi connectivity index (χ0n) is 32.2. The first-order valence-electron chi connectivity index (χ1n) is 18.9. The lowest BCUT2D eigenvalue weighted by molar-refractivity contribution is -0.145. The molecule has 0 spiro atoms. The number of hydrogen-bond donors (Lipinski definition) is 1. The molecular weight excluding hydrogens is 797 g/mol. The molecule has 7 aromatic rings. The fourth-order valence-corrected chi connectivity index (χ4v) is 8.19. The summed E-state index contributed by atoms with van der Waals surface area (Å²) < 4.78 is 38.5. The number of halogens is 2. The Kier molecular flexibility index (Phi) is 12.1. The quantitative estimate of drug-likeness (QED) is 0.107. The van der Waals surface area contributed by atoms with Crippen molar-refractivity contribution in [1.29, 1.82) is 0 Å². The number of likely N-dealkylation sites (N-methyl/N-ethyl adjacent to an activating group) is 1. The lowest BCUT2D eigenvalue weighted by Gasteiger charge is -2.32. The molecular formula is C43H39ClFN7O6S. The van der Waals surface area contributed by atoms with Crippen molar-refractivity contribution in [3.63, 3.8) is 0 Å². The SMILES string of the molecule is Cc1c(-c2c(-c3ccc(F)o3)sc3ncnc(O[C@H](Cc4ccccc4OCc4ccnc(-c5ccncc5)n4)C(=O)O)c23)ccc(OCCN2CCN(C)CC2)c1Cl. The van der Waals surface area contributed by atoms with E-state index in [0.717, 1.165) is 38.3 Å². The van der Waals surface area contributed by atoms with E-state index < -0.39 is 18.1 Å². The van der Waals surface area contributed by atoms with Crippen LogP contribution in [0.2, 0.25) is 5.02 Å². The summed E-state index contributed by atoms with van der Waals surface area (Å²) in [7, 11) is 2.12. The summed E-state index contributed by atoms with van der Waals surface area (Å²) in [5.41, 5.74) is 3.95. The largest absolute Gasteiger partial charge is 0.491 e. The summed E-state index contributed by atoms with van der Waals surface area (Å²) in [5, 5.41) is 11.4. The number of fused-ring (bicyclic) bond motifs is 1. The molecule has 0 amide bonds. The summed E-state index contributed by atoms with van der Waals surface area (Å²) in [5.74, 6) is 0.592. The van der Waals surface area contributed by atoms with Crippen LogP contribution in [0.25, 0.3) is 43.4 Å². The third-order valence-electron chi connectivity index (χ3n) is 10.1. The molecule has 5 aromatic heterocycles. The first-order chi connectivity index (χ1) is 28.7. The van der Waals surface area contributed by atoms with E-state index in [2.05, 4.69) is 41.8 Å². The van der Waals surface area contributed by atoms with Gasteiger partial charge in [-0.15, -0.1) is 11.3 Å². The number of ether oxygens (including phenoxy) is 3. The third kappa shape index (κ3) is 9.03. The highest BCUT2D eigenvalue weighted by Gasteiger charge is 2.29. The summed E-state index contributed by atoms with van der Waals surface area (Å²) in [4.78, 5) is 40.6. The van der Waals surface area contributed by atoms with Gasteiger partial charge in [0.2, 0.25) is 12.0 Å². The number of rotatable bonds is 15. The average Bonchev–Trinajstić information content (AvgIpc) is 3.87. The topological polar surface area (TPSA) is 149 Å². The van der Waals surface area contributed by atoms with Crippen LogP contribution >= 0.6 is 22.9 Å². The van der Waals surface area contributed by atoms with Crippen LogP contribution in [-0.4, -0.2) is 98.3 Å². The van der Waals surface area contributed by atoms with Crippen LogP contribution < -0.4 is 14.2 Å². The van der Waals surface area contributed by atoms with Crippen LogP contribution in [0.15, 0.2) is 96.1 Å². The van der Waals surface area contributed by atoms with Crippen LogP contribution in [0.1, 0.15) is 16.8 Å². The number of pyridine rings is 1. The lowest BCUT2D eigenvalue weighted by atomic mass is 9.97. The molecule has 1 fully saturated rings. The fraction of sp³-hybridized carbons (Fsp3) is 0.256. The van der Waals surface area contributed by atoms with E-state index in [-0.39, 0.29) is 24.7 Å². The van der Waals surface area contributed by atoms with Gasteiger partial charge in [-0.2, -0.15) is 4.39 Å². The van der Waals surface area contributed by atoms with Gasteiger partial charge in [-0.1, -0.05) is 35.9 Å². The Hall–Kier alpha value is -6.00. The minimum atomic E-state index is -1.40. The van der Waals surface area contributed by atoms with Crippen molar-refractivity contribution < 1.29 is 32.9 Å². The van der Waals surface area contributed by atoms with E-state index in [1.807, 2.05) is 25.1 Å². The van der Waals surface area contributed by atoms with Crippen molar-refractivity contribution in [2.24, 2.45) is 0 Å².